The van der Waals surface area contributed by atoms with E-state index in [0.717, 1.165) is 14.5 Å². The molecule has 1 aliphatic heterocycles. The van der Waals surface area contributed by atoms with Gasteiger partial charge in [-0.15, -0.1) is 0 Å². The third kappa shape index (κ3) is 1.84. The van der Waals surface area contributed by atoms with E-state index < -0.39 is 0 Å². The first-order chi connectivity index (χ1) is 9.52. The van der Waals surface area contributed by atoms with Gasteiger partial charge in [-0.3, -0.25) is 9.59 Å². The van der Waals surface area contributed by atoms with Gasteiger partial charge in [0.05, 0.1) is 16.8 Å². The molecule has 0 unspecified atom stereocenters. The third-order valence-corrected chi connectivity index (χ3v) is 5.19. The van der Waals surface area contributed by atoms with Crippen LogP contribution < -0.4 is 4.90 Å². The van der Waals surface area contributed by atoms with Gasteiger partial charge in [0.15, 0.2) is 0 Å². The van der Waals surface area contributed by atoms with Gasteiger partial charge in [0.25, 0.3) is 11.8 Å². The minimum Gasteiger partial charge on any atom is -0.268 e. The number of imide groups is 1. The minimum absolute atomic E-state index is 0.284. The van der Waals surface area contributed by atoms with E-state index in [1.807, 2.05) is 13.0 Å². The molecule has 3 nitrogen and oxygen atoms in total. The maximum absolute atomic E-state index is 12.4. The van der Waals surface area contributed by atoms with E-state index >= 15 is 0 Å². The van der Waals surface area contributed by atoms with E-state index in [-0.39, 0.29) is 11.8 Å². The number of rotatable bonds is 1. The van der Waals surface area contributed by atoms with Crippen LogP contribution >= 0.6 is 31.9 Å². The van der Waals surface area contributed by atoms with Gasteiger partial charge >= 0.3 is 0 Å². The molecule has 100 valence electrons. The van der Waals surface area contributed by atoms with Crippen molar-refractivity contribution in [3.05, 3.63) is 62.0 Å². The van der Waals surface area contributed by atoms with Crippen LogP contribution in [0.1, 0.15) is 26.3 Å². The number of fused-ring (bicyclic) bond motifs is 1. The first-order valence-corrected chi connectivity index (χ1v) is 7.53. The van der Waals surface area contributed by atoms with Gasteiger partial charge in [0, 0.05) is 8.95 Å². The summed E-state index contributed by atoms with van der Waals surface area (Å²) in [6, 6.07) is 10.5. The molecular formula is C15H9Br2NO2. The quantitative estimate of drug-likeness (QED) is 0.675. The van der Waals surface area contributed by atoms with Crippen LogP contribution in [0.25, 0.3) is 0 Å². The van der Waals surface area contributed by atoms with Crippen LogP contribution in [0.2, 0.25) is 0 Å². The maximum Gasteiger partial charge on any atom is 0.266 e. The molecule has 0 N–H and O–H groups in total. The summed E-state index contributed by atoms with van der Waals surface area (Å²) >= 11 is 6.89. The lowest BCUT2D eigenvalue weighted by Gasteiger charge is -2.17. The van der Waals surface area contributed by atoms with Crippen LogP contribution in [0.15, 0.2) is 45.3 Å². The predicted molar refractivity (Wildman–Crippen MR) is 84.2 cm³/mol. The van der Waals surface area contributed by atoms with Crippen molar-refractivity contribution in [2.24, 2.45) is 0 Å². The molecule has 3 rings (SSSR count). The van der Waals surface area contributed by atoms with E-state index in [1.54, 1.807) is 30.3 Å². The van der Waals surface area contributed by atoms with Crippen LogP contribution in [-0.2, 0) is 0 Å². The number of nitrogens with zero attached hydrogens (tertiary/aromatic N) is 1. The van der Waals surface area contributed by atoms with Crippen molar-refractivity contribution in [1.29, 1.82) is 0 Å². The van der Waals surface area contributed by atoms with Crippen LogP contribution in [-0.4, -0.2) is 11.8 Å². The van der Waals surface area contributed by atoms with Crippen molar-refractivity contribution in [2.75, 3.05) is 4.90 Å². The predicted octanol–water partition coefficient (Wildman–Crippen LogP) is 4.32. The summed E-state index contributed by atoms with van der Waals surface area (Å²) in [5.41, 5.74) is 2.41. The molecule has 20 heavy (non-hydrogen) atoms. The highest BCUT2D eigenvalue weighted by molar-refractivity contribution is 9.11. The molecule has 0 bridgehead atoms. The fraction of sp³-hybridized carbons (Fsp3) is 0.0667. The van der Waals surface area contributed by atoms with E-state index in [1.165, 1.54) is 4.90 Å². The molecule has 0 spiro atoms. The Labute approximate surface area is 132 Å². The van der Waals surface area contributed by atoms with Gasteiger partial charge in [-0.25, -0.2) is 4.90 Å². The van der Waals surface area contributed by atoms with Crippen LogP contribution in [0.4, 0.5) is 5.69 Å². The first kappa shape index (κ1) is 13.5. The molecule has 0 aliphatic carbocycles. The Hall–Kier alpha value is -1.46. The van der Waals surface area contributed by atoms with Crippen molar-refractivity contribution >= 4 is 49.4 Å². The second kappa shape index (κ2) is 4.82. The molecule has 0 fully saturated rings. The molecule has 2 aromatic rings. The molecule has 0 atom stereocenters. The Morgan fingerprint density at radius 1 is 0.900 bits per heavy atom. The lowest BCUT2D eigenvalue weighted by atomic mass is 10.1. The van der Waals surface area contributed by atoms with Gasteiger partial charge in [-0.1, -0.05) is 28.1 Å². The van der Waals surface area contributed by atoms with Gasteiger partial charge < -0.3 is 0 Å². The normalized spacial score (nSPS) is 13.8. The van der Waals surface area contributed by atoms with Gasteiger partial charge in [0.1, 0.15) is 0 Å². The van der Waals surface area contributed by atoms with E-state index in [0.29, 0.717) is 16.8 Å². The zero-order valence-corrected chi connectivity index (χ0v) is 13.7. The lowest BCUT2D eigenvalue weighted by molar-refractivity contribution is 0.0926. The second-order valence-corrected chi connectivity index (χ2v) is 6.14. The molecule has 1 heterocycles. The zero-order chi connectivity index (χ0) is 14.4. The Bertz CT molecular complexity index is 721. The average Bonchev–Trinajstić information content (AvgIpc) is 2.70. The first-order valence-electron chi connectivity index (χ1n) is 5.95. The highest BCUT2D eigenvalue weighted by atomic mass is 79.9. The smallest absolute Gasteiger partial charge is 0.266 e. The van der Waals surface area contributed by atoms with E-state index in [2.05, 4.69) is 31.9 Å². The summed E-state index contributed by atoms with van der Waals surface area (Å²) in [7, 11) is 0. The fourth-order valence-electron chi connectivity index (χ4n) is 2.23. The van der Waals surface area contributed by atoms with Crippen LogP contribution in [0, 0.1) is 6.92 Å². The Kier molecular flexibility index (Phi) is 3.26. The van der Waals surface area contributed by atoms with Crippen LogP contribution in [0.5, 0.6) is 0 Å². The molecule has 0 radical (unpaired) electrons. The standard InChI is InChI=1S/C15H9Br2NO2/c1-8-11(16)6-7-12(13(8)17)18-14(19)9-4-2-3-5-10(9)15(18)20/h2-7H,1H3. The highest BCUT2D eigenvalue weighted by Crippen LogP contribution is 2.37. The van der Waals surface area contributed by atoms with Crippen LogP contribution in [0.3, 0.4) is 0 Å². The Morgan fingerprint density at radius 3 is 2.00 bits per heavy atom. The third-order valence-electron chi connectivity index (χ3n) is 3.33. The number of carbonyl (C=O) groups excluding carboxylic acids is 2. The molecule has 2 aromatic carbocycles. The van der Waals surface area contributed by atoms with Gasteiger partial charge in [-0.2, -0.15) is 0 Å². The summed E-state index contributed by atoms with van der Waals surface area (Å²) < 4.78 is 1.66. The molecule has 2 amide bonds. The Morgan fingerprint density at radius 2 is 1.45 bits per heavy atom. The van der Waals surface area contributed by atoms with E-state index in [4.69, 9.17) is 0 Å². The van der Waals surface area contributed by atoms with Crippen molar-refractivity contribution in [3.8, 4) is 0 Å². The molecule has 0 saturated carbocycles. The average molecular weight is 395 g/mol. The number of amides is 2. The molecule has 0 aromatic heterocycles. The van der Waals surface area contributed by atoms with Gasteiger partial charge in [0.2, 0.25) is 0 Å². The van der Waals surface area contributed by atoms with Crippen molar-refractivity contribution < 1.29 is 9.59 Å². The summed E-state index contributed by atoms with van der Waals surface area (Å²) in [5, 5.41) is 0. The zero-order valence-electron chi connectivity index (χ0n) is 10.5. The minimum atomic E-state index is -0.284. The lowest BCUT2D eigenvalue weighted by Crippen LogP contribution is -2.29. The molecule has 5 heteroatoms. The summed E-state index contributed by atoms with van der Waals surface area (Å²) in [4.78, 5) is 26.1. The highest BCUT2D eigenvalue weighted by Gasteiger charge is 2.37. The number of carbonyl (C=O) groups is 2. The van der Waals surface area contributed by atoms with Crippen molar-refractivity contribution in [1.82, 2.24) is 0 Å². The Balaban J connectivity index is 2.17. The summed E-state index contributed by atoms with van der Waals surface area (Å²) in [5.74, 6) is -0.568. The molecule has 0 saturated heterocycles. The fourth-order valence-corrected chi connectivity index (χ4v) is 3.35. The molecular weight excluding hydrogens is 386 g/mol. The summed E-state index contributed by atoms with van der Waals surface area (Å²) in [6.45, 7) is 1.91. The van der Waals surface area contributed by atoms with Crippen molar-refractivity contribution in [3.63, 3.8) is 0 Å². The molecule has 1 aliphatic rings. The SMILES string of the molecule is Cc1c(Br)ccc(N2C(=O)c3ccccc3C2=O)c1Br. The maximum atomic E-state index is 12.4. The van der Waals surface area contributed by atoms with E-state index in [9.17, 15) is 9.59 Å². The number of halogens is 2. The number of benzene rings is 2. The topological polar surface area (TPSA) is 37.4 Å². The van der Waals surface area contributed by atoms with Crippen molar-refractivity contribution in [2.45, 2.75) is 6.92 Å². The summed E-state index contributed by atoms with van der Waals surface area (Å²) in [6.07, 6.45) is 0. The largest absolute Gasteiger partial charge is 0.268 e. The monoisotopic (exact) mass is 393 g/mol. The number of anilines is 1. The number of hydrogen-bond donors (Lipinski definition) is 0. The number of hydrogen-bond acceptors (Lipinski definition) is 2. The van der Waals surface area contributed by atoms with Gasteiger partial charge in [-0.05, 0) is 52.7 Å². The second-order valence-electron chi connectivity index (χ2n) is 4.50.